The van der Waals surface area contributed by atoms with Gasteiger partial charge < -0.3 is 9.30 Å². The highest BCUT2D eigenvalue weighted by Crippen LogP contribution is 2.11. The fraction of sp³-hybridized carbons (Fsp3) is 0.188. The van der Waals surface area contributed by atoms with Crippen LogP contribution in [0.15, 0.2) is 61.4 Å². The number of aromatic nitrogens is 4. The van der Waals surface area contributed by atoms with Crippen LogP contribution < -0.4 is 0 Å². The minimum atomic E-state index is -0.336. The van der Waals surface area contributed by atoms with Crippen molar-refractivity contribution in [3.63, 3.8) is 0 Å². The highest BCUT2D eigenvalue weighted by Gasteiger charge is 2.12. The van der Waals surface area contributed by atoms with E-state index in [0.717, 1.165) is 5.69 Å². The molecule has 2 aromatic heterocycles. The van der Waals surface area contributed by atoms with Crippen LogP contribution in [0, 0.1) is 0 Å². The van der Waals surface area contributed by atoms with E-state index >= 15 is 0 Å². The maximum absolute atomic E-state index is 12.1. The van der Waals surface area contributed by atoms with Crippen molar-refractivity contribution in [3.05, 3.63) is 67.0 Å². The van der Waals surface area contributed by atoms with Crippen LogP contribution in [0.3, 0.4) is 0 Å². The Bertz CT molecular complexity index is 718. The SMILES string of the molecule is C[C@@H](Cn1cccn1)OC(=O)c1ccc(-n2ccnc2)cc1. The Morgan fingerprint density at radius 1 is 1.23 bits per heavy atom. The number of rotatable bonds is 5. The largest absolute Gasteiger partial charge is 0.457 e. The third kappa shape index (κ3) is 3.22. The predicted molar refractivity (Wildman–Crippen MR) is 80.7 cm³/mol. The van der Waals surface area contributed by atoms with Crippen LogP contribution in [-0.4, -0.2) is 31.4 Å². The molecule has 0 saturated carbocycles. The van der Waals surface area contributed by atoms with E-state index in [1.165, 1.54) is 0 Å². The van der Waals surface area contributed by atoms with E-state index in [4.69, 9.17) is 4.74 Å². The molecule has 0 amide bonds. The number of carbonyl (C=O) groups excluding carboxylic acids is 1. The maximum atomic E-state index is 12.1. The zero-order valence-electron chi connectivity index (χ0n) is 12.2. The van der Waals surface area contributed by atoms with Crippen molar-refractivity contribution in [2.75, 3.05) is 0 Å². The molecule has 0 radical (unpaired) electrons. The van der Waals surface area contributed by atoms with Crippen molar-refractivity contribution in [1.82, 2.24) is 19.3 Å². The molecule has 6 heteroatoms. The van der Waals surface area contributed by atoms with Crippen LogP contribution in [0.5, 0.6) is 0 Å². The molecule has 1 aromatic carbocycles. The maximum Gasteiger partial charge on any atom is 0.338 e. The number of esters is 1. The zero-order valence-corrected chi connectivity index (χ0v) is 12.2. The first-order chi connectivity index (χ1) is 10.7. The molecule has 0 unspecified atom stereocenters. The van der Waals surface area contributed by atoms with E-state index in [9.17, 15) is 4.79 Å². The molecule has 2 heterocycles. The molecular formula is C16H16N4O2. The third-order valence-corrected chi connectivity index (χ3v) is 3.22. The van der Waals surface area contributed by atoms with Gasteiger partial charge in [-0.2, -0.15) is 5.10 Å². The molecule has 0 saturated heterocycles. The minimum absolute atomic E-state index is 0.249. The smallest absolute Gasteiger partial charge is 0.338 e. The van der Waals surface area contributed by atoms with E-state index in [1.807, 2.05) is 42.1 Å². The van der Waals surface area contributed by atoms with Gasteiger partial charge in [-0.15, -0.1) is 0 Å². The quantitative estimate of drug-likeness (QED) is 0.678. The molecular weight excluding hydrogens is 280 g/mol. The van der Waals surface area contributed by atoms with Crippen molar-refractivity contribution in [3.8, 4) is 5.69 Å². The molecule has 0 spiro atoms. The molecule has 22 heavy (non-hydrogen) atoms. The lowest BCUT2D eigenvalue weighted by Crippen LogP contribution is -2.21. The Morgan fingerprint density at radius 2 is 2.05 bits per heavy atom. The Kier molecular flexibility index (Phi) is 4.00. The lowest BCUT2D eigenvalue weighted by atomic mass is 10.2. The molecule has 0 N–H and O–H groups in total. The summed E-state index contributed by atoms with van der Waals surface area (Å²) in [6.07, 6.45) is 8.55. The normalized spacial score (nSPS) is 12.0. The van der Waals surface area contributed by atoms with E-state index in [2.05, 4.69) is 10.1 Å². The van der Waals surface area contributed by atoms with E-state index in [-0.39, 0.29) is 12.1 Å². The Hall–Kier alpha value is -2.89. The number of ether oxygens (including phenoxy) is 1. The van der Waals surface area contributed by atoms with Gasteiger partial charge in [-0.05, 0) is 37.3 Å². The van der Waals surface area contributed by atoms with Crippen molar-refractivity contribution < 1.29 is 9.53 Å². The number of nitrogens with zero attached hydrogens (tertiary/aromatic N) is 4. The molecule has 0 bridgehead atoms. The third-order valence-electron chi connectivity index (χ3n) is 3.22. The zero-order chi connectivity index (χ0) is 15.4. The summed E-state index contributed by atoms with van der Waals surface area (Å²) >= 11 is 0. The number of hydrogen-bond donors (Lipinski definition) is 0. The summed E-state index contributed by atoms with van der Waals surface area (Å²) in [4.78, 5) is 16.1. The summed E-state index contributed by atoms with van der Waals surface area (Å²) < 4.78 is 9.03. The van der Waals surface area contributed by atoms with Gasteiger partial charge in [-0.1, -0.05) is 0 Å². The number of carbonyl (C=O) groups is 1. The Labute approximate surface area is 128 Å². The molecule has 0 fully saturated rings. The lowest BCUT2D eigenvalue weighted by Gasteiger charge is -2.13. The van der Waals surface area contributed by atoms with Crippen molar-refractivity contribution in [1.29, 1.82) is 0 Å². The van der Waals surface area contributed by atoms with Gasteiger partial charge in [0.1, 0.15) is 6.10 Å². The molecule has 0 aliphatic rings. The van der Waals surface area contributed by atoms with Crippen LogP contribution in [0.25, 0.3) is 5.69 Å². The van der Waals surface area contributed by atoms with Gasteiger partial charge in [0.05, 0.1) is 18.4 Å². The molecule has 3 rings (SSSR count). The molecule has 0 aliphatic carbocycles. The molecule has 1 atom stereocenters. The average molecular weight is 296 g/mol. The summed E-state index contributed by atoms with van der Waals surface area (Å²) in [6, 6.07) is 9.05. The van der Waals surface area contributed by atoms with Gasteiger partial charge in [-0.25, -0.2) is 9.78 Å². The monoisotopic (exact) mass is 296 g/mol. The number of benzene rings is 1. The van der Waals surface area contributed by atoms with Crippen molar-refractivity contribution in [2.24, 2.45) is 0 Å². The first-order valence-electron chi connectivity index (χ1n) is 6.99. The number of imidazole rings is 1. The summed E-state index contributed by atoms with van der Waals surface area (Å²) in [5.41, 5.74) is 1.47. The highest BCUT2D eigenvalue weighted by molar-refractivity contribution is 5.89. The first-order valence-corrected chi connectivity index (χ1v) is 6.99. The van der Waals surface area contributed by atoms with E-state index in [1.54, 1.807) is 35.5 Å². The van der Waals surface area contributed by atoms with Crippen molar-refractivity contribution >= 4 is 5.97 Å². The average Bonchev–Trinajstić information content (AvgIpc) is 3.20. The summed E-state index contributed by atoms with van der Waals surface area (Å²) in [5.74, 6) is -0.336. The lowest BCUT2D eigenvalue weighted by molar-refractivity contribution is 0.0299. The van der Waals surface area contributed by atoms with Gasteiger partial charge in [-0.3, -0.25) is 4.68 Å². The fourth-order valence-electron chi connectivity index (χ4n) is 2.14. The van der Waals surface area contributed by atoms with Gasteiger partial charge in [0.2, 0.25) is 0 Å². The summed E-state index contributed by atoms with van der Waals surface area (Å²) in [6.45, 7) is 2.38. The van der Waals surface area contributed by atoms with Crippen LogP contribution in [-0.2, 0) is 11.3 Å². The van der Waals surface area contributed by atoms with Crippen LogP contribution >= 0.6 is 0 Å². The second kappa shape index (κ2) is 6.26. The first kappa shape index (κ1) is 14.1. The van der Waals surface area contributed by atoms with Crippen LogP contribution in [0.1, 0.15) is 17.3 Å². The summed E-state index contributed by atoms with van der Waals surface area (Å²) in [7, 11) is 0. The minimum Gasteiger partial charge on any atom is -0.457 e. The topological polar surface area (TPSA) is 61.9 Å². The molecule has 0 aliphatic heterocycles. The Morgan fingerprint density at radius 3 is 2.68 bits per heavy atom. The van der Waals surface area contributed by atoms with Gasteiger partial charge >= 0.3 is 5.97 Å². The standard InChI is InChI=1S/C16H16N4O2/c1-13(11-20-9-2-7-18-20)22-16(21)14-3-5-15(6-4-14)19-10-8-17-12-19/h2-10,12-13H,11H2,1H3/t13-/m0/s1. The molecule has 6 nitrogen and oxygen atoms in total. The number of hydrogen-bond acceptors (Lipinski definition) is 4. The van der Waals surface area contributed by atoms with E-state index < -0.39 is 0 Å². The highest BCUT2D eigenvalue weighted by atomic mass is 16.5. The van der Waals surface area contributed by atoms with Crippen molar-refractivity contribution in [2.45, 2.75) is 19.6 Å². The van der Waals surface area contributed by atoms with Crippen LogP contribution in [0.4, 0.5) is 0 Å². The van der Waals surface area contributed by atoms with Gasteiger partial charge in [0, 0.05) is 30.5 Å². The molecule has 3 aromatic rings. The van der Waals surface area contributed by atoms with Crippen LogP contribution in [0.2, 0.25) is 0 Å². The van der Waals surface area contributed by atoms with Gasteiger partial charge in [0.15, 0.2) is 0 Å². The predicted octanol–water partition coefficient (Wildman–Crippen LogP) is 2.31. The second-order valence-corrected chi connectivity index (χ2v) is 4.96. The summed E-state index contributed by atoms with van der Waals surface area (Å²) in [5, 5.41) is 4.09. The molecule has 112 valence electrons. The fourth-order valence-corrected chi connectivity index (χ4v) is 2.14. The van der Waals surface area contributed by atoms with E-state index in [0.29, 0.717) is 12.1 Å². The second-order valence-electron chi connectivity index (χ2n) is 4.96. The Balaban J connectivity index is 1.62. The van der Waals surface area contributed by atoms with Gasteiger partial charge in [0.25, 0.3) is 0 Å².